The van der Waals surface area contributed by atoms with Crippen molar-refractivity contribution in [2.75, 3.05) is 45.9 Å². The molecule has 9 heteroatoms. The molecule has 34 heavy (non-hydrogen) atoms. The van der Waals surface area contributed by atoms with Gasteiger partial charge in [0.25, 0.3) is 5.91 Å². The molecule has 2 amide bonds. The molecule has 0 aliphatic carbocycles. The Morgan fingerprint density at radius 2 is 1.91 bits per heavy atom. The van der Waals surface area contributed by atoms with Crippen molar-refractivity contribution >= 4 is 12.0 Å². The molecule has 2 N–H and O–H groups in total. The highest BCUT2D eigenvalue weighted by molar-refractivity contribution is 5.97. The van der Waals surface area contributed by atoms with E-state index in [0.29, 0.717) is 49.8 Å². The Morgan fingerprint density at radius 3 is 2.71 bits per heavy atom. The van der Waals surface area contributed by atoms with Crippen LogP contribution in [0.25, 0.3) is 0 Å². The van der Waals surface area contributed by atoms with Crippen LogP contribution in [0.5, 0.6) is 11.5 Å². The molecule has 1 saturated heterocycles. The van der Waals surface area contributed by atoms with Crippen molar-refractivity contribution in [3.63, 3.8) is 0 Å². The molecule has 1 fully saturated rings. The number of aliphatic hydroxyl groups is 1. The summed E-state index contributed by atoms with van der Waals surface area (Å²) in [5, 5.41) is 19.7. The molecule has 5 rings (SSSR count). The van der Waals surface area contributed by atoms with Gasteiger partial charge >= 0.3 is 6.09 Å². The van der Waals surface area contributed by atoms with Crippen molar-refractivity contribution in [3.8, 4) is 11.5 Å². The predicted octanol–water partition coefficient (Wildman–Crippen LogP) is 1.68. The van der Waals surface area contributed by atoms with E-state index in [9.17, 15) is 14.7 Å². The Hall–Kier alpha value is -3.30. The first-order valence-electron chi connectivity index (χ1n) is 11.6. The molecule has 9 nitrogen and oxygen atoms in total. The average Bonchev–Trinajstić information content (AvgIpc) is 2.94. The maximum Gasteiger partial charge on any atom is 0.407 e. The maximum atomic E-state index is 13.2. The van der Waals surface area contributed by atoms with Crippen molar-refractivity contribution in [1.29, 1.82) is 0 Å². The van der Waals surface area contributed by atoms with Gasteiger partial charge in [0, 0.05) is 32.2 Å². The van der Waals surface area contributed by atoms with Gasteiger partial charge in [0.2, 0.25) is 0 Å². The predicted molar refractivity (Wildman–Crippen MR) is 123 cm³/mol. The summed E-state index contributed by atoms with van der Waals surface area (Å²) in [5.41, 5.74) is 3.10. The number of fused-ring (bicyclic) bond motifs is 2. The first kappa shape index (κ1) is 22.5. The monoisotopic (exact) mass is 467 g/mol. The van der Waals surface area contributed by atoms with E-state index < -0.39 is 12.2 Å². The van der Waals surface area contributed by atoms with E-state index in [4.69, 9.17) is 14.6 Å². The lowest BCUT2D eigenvalue weighted by atomic mass is 10.00. The molecular formula is C25H29N3O6. The van der Waals surface area contributed by atoms with Gasteiger partial charge in [0.05, 0.1) is 31.3 Å². The van der Waals surface area contributed by atoms with Gasteiger partial charge in [-0.25, -0.2) is 4.79 Å². The number of hydrogen-bond donors (Lipinski definition) is 2. The van der Waals surface area contributed by atoms with Gasteiger partial charge in [0.15, 0.2) is 0 Å². The molecule has 180 valence electrons. The zero-order valence-corrected chi connectivity index (χ0v) is 18.9. The molecule has 0 spiro atoms. The van der Waals surface area contributed by atoms with Gasteiger partial charge in [-0.05, 0) is 29.7 Å². The van der Waals surface area contributed by atoms with Gasteiger partial charge < -0.3 is 29.5 Å². The Kier molecular flexibility index (Phi) is 6.30. The summed E-state index contributed by atoms with van der Waals surface area (Å²) in [6.45, 7) is 3.80. The zero-order chi connectivity index (χ0) is 23.7. The molecule has 1 atom stereocenters. The molecule has 0 radical (unpaired) electrons. The summed E-state index contributed by atoms with van der Waals surface area (Å²) in [7, 11) is 0. The molecule has 0 saturated carbocycles. The zero-order valence-electron chi connectivity index (χ0n) is 18.9. The van der Waals surface area contributed by atoms with Crippen LogP contribution in [0.4, 0.5) is 4.79 Å². The number of β-amino-alcohol motifs (C(OH)–C–C–N with tert-alkyl or cyclic N) is 1. The minimum Gasteiger partial charge on any atom is -0.491 e. The molecular weight excluding hydrogens is 438 g/mol. The Labute approximate surface area is 198 Å². The number of ether oxygens (including phenoxy) is 2. The first-order chi connectivity index (χ1) is 16.5. The topological polar surface area (TPSA) is 103 Å². The number of carboxylic acid groups (broad SMARTS) is 1. The first-order valence-corrected chi connectivity index (χ1v) is 11.6. The fraction of sp³-hybridized carbons (Fsp3) is 0.440. The number of aliphatic hydroxyl groups excluding tert-OH is 1. The maximum absolute atomic E-state index is 13.2. The van der Waals surface area contributed by atoms with E-state index in [1.807, 2.05) is 6.07 Å². The van der Waals surface area contributed by atoms with Gasteiger partial charge in [-0.3, -0.25) is 9.69 Å². The highest BCUT2D eigenvalue weighted by atomic mass is 16.5. The SMILES string of the molecule is O=C(O)N1CC(Oc2ccc3c(c2)OCCN(CC(O)CN2CCc4ccccc4C2)C3=O)C1. The summed E-state index contributed by atoms with van der Waals surface area (Å²) < 4.78 is 11.6. The lowest BCUT2D eigenvalue weighted by molar-refractivity contribution is 0.0251. The summed E-state index contributed by atoms with van der Waals surface area (Å²) in [4.78, 5) is 29.2. The summed E-state index contributed by atoms with van der Waals surface area (Å²) in [6, 6.07) is 13.4. The molecule has 2 aromatic rings. The minimum absolute atomic E-state index is 0.178. The van der Waals surface area contributed by atoms with Crippen LogP contribution in [-0.4, -0.2) is 95.0 Å². The minimum atomic E-state index is -0.955. The van der Waals surface area contributed by atoms with Crippen LogP contribution in [0.2, 0.25) is 0 Å². The van der Waals surface area contributed by atoms with Gasteiger partial charge in [-0.2, -0.15) is 0 Å². The second-order valence-electron chi connectivity index (χ2n) is 9.09. The number of benzene rings is 2. The highest BCUT2D eigenvalue weighted by Crippen LogP contribution is 2.30. The molecule has 0 bridgehead atoms. The molecule has 3 heterocycles. The fourth-order valence-corrected chi connectivity index (χ4v) is 4.77. The number of nitrogens with zero attached hydrogens (tertiary/aromatic N) is 3. The largest absolute Gasteiger partial charge is 0.491 e. The van der Waals surface area contributed by atoms with E-state index in [0.717, 1.165) is 19.5 Å². The average molecular weight is 468 g/mol. The van der Waals surface area contributed by atoms with Crippen molar-refractivity contribution in [2.45, 2.75) is 25.2 Å². The second-order valence-corrected chi connectivity index (χ2v) is 9.09. The molecule has 1 unspecified atom stereocenters. The lowest BCUT2D eigenvalue weighted by Gasteiger charge is -2.36. The number of carbonyl (C=O) groups is 2. The highest BCUT2D eigenvalue weighted by Gasteiger charge is 2.33. The number of hydrogen-bond acceptors (Lipinski definition) is 6. The summed E-state index contributed by atoms with van der Waals surface area (Å²) in [5.74, 6) is 0.810. The Balaban J connectivity index is 1.17. The number of rotatable bonds is 6. The fourth-order valence-electron chi connectivity index (χ4n) is 4.77. The van der Waals surface area contributed by atoms with Crippen LogP contribution in [0.3, 0.4) is 0 Å². The molecule has 3 aliphatic rings. The van der Waals surface area contributed by atoms with Crippen molar-refractivity contribution < 1.29 is 29.3 Å². The summed E-state index contributed by atoms with van der Waals surface area (Å²) in [6.07, 6.45) is -0.854. The summed E-state index contributed by atoms with van der Waals surface area (Å²) >= 11 is 0. The van der Waals surface area contributed by atoms with Crippen molar-refractivity contribution in [1.82, 2.24) is 14.7 Å². The van der Waals surface area contributed by atoms with E-state index in [1.54, 1.807) is 23.1 Å². The van der Waals surface area contributed by atoms with E-state index in [1.165, 1.54) is 16.0 Å². The van der Waals surface area contributed by atoms with Crippen LogP contribution in [0, 0.1) is 0 Å². The third kappa shape index (κ3) is 4.80. The van der Waals surface area contributed by atoms with Crippen LogP contribution >= 0.6 is 0 Å². The van der Waals surface area contributed by atoms with Gasteiger partial charge in [-0.15, -0.1) is 0 Å². The van der Waals surface area contributed by atoms with Crippen LogP contribution in [-0.2, 0) is 13.0 Å². The Bertz CT molecular complexity index is 1070. The van der Waals surface area contributed by atoms with Crippen molar-refractivity contribution in [3.05, 3.63) is 59.2 Å². The number of carbonyl (C=O) groups excluding carboxylic acids is 1. The third-order valence-corrected chi connectivity index (χ3v) is 6.62. The van der Waals surface area contributed by atoms with Crippen molar-refractivity contribution in [2.24, 2.45) is 0 Å². The standard InChI is InChI=1S/C25H29N3O6/c29-19(13-26-8-7-17-3-1-2-4-18(17)12-26)14-27-9-10-33-23-11-20(5-6-22(23)24(27)30)34-21-15-28(16-21)25(31)32/h1-6,11,19,21,29H,7-10,12-16H2,(H,31,32). The van der Waals surface area contributed by atoms with Crippen LogP contribution < -0.4 is 9.47 Å². The molecule has 0 aromatic heterocycles. The van der Waals surface area contributed by atoms with E-state index >= 15 is 0 Å². The van der Waals surface area contributed by atoms with E-state index in [-0.39, 0.29) is 18.6 Å². The lowest BCUT2D eigenvalue weighted by Crippen LogP contribution is -2.55. The van der Waals surface area contributed by atoms with E-state index in [2.05, 4.69) is 23.1 Å². The number of likely N-dealkylation sites (tertiary alicyclic amines) is 1. The normalized spacial score (nSPS) is 19.4. The Morgan fingerprint density at radius 1 is 1.12 bits per heavy atom. The van der Waals surface area contributed by atoms with Gasteiger partial charge in [-0.1, -0.05) is 24.3 Å². The van der Waals surface area contributed by atoms with Crippen LogP contribution in [0.1, 0.15) is 21.5 Å². The molecule has 2 aromatic carbocycles. The third-order valence-electron chi connectivity index (χ3n) is 6.62. The molecule has 3 aliphatic heterocycles. The van der Waals surface area contributed by atoms with Crippen LogP contribution in [0.15, 0.2) is 42.5 Å². The second kappa shape index (κ2) is 9.52. The van der Waals surface area contributed by atoms with Gasteiger partial charge in [0.1, 0.15) is 24.2 Å². The smallest absolute Gasteiger partial charge is 0.407 e. The number of amides is 2. The quantitative estimate of drug-likeness (QED) is 0.666.